The molecule has 3 rings (SSSR count). The van der Waals surface area contributed by atoms with Gasteiger partial charge in [-0.3, -0.25) is 9.78 Å². The van der Waals surface area contributed by atoms with Crippen LogP contribution in [0.1, 0.15) is 18.5 Å². The number of aromatic nitrogens is 1. The molecule has 1 saturated heterocycles. The van der Waals surface area contributed by atoms with E-state index in [2.05, 4.69) is 16.4 Å². The van der Waals surface area contributed by atoms with Gasteiger partial charge >= 0.3 is 0 Å². The van der Waals surface area contributed by atoms with Crippen LogP contribution in [0.4, 0.5) is 4.39 Å². The number of carbonyl (C=O) groups is 1. The Bertz CT molecular complexity index is 686. The lowest BCUT2D eigenvalue weighted by Gasteiger charge is -2.24. The van der Waals surface area contributed by atoms with Gasteiger partial charge in [0.25, 0.3) is 5.91 Å². The summed E-state index contributed by atoms with van der Waals surface area (Å²) in [6, 6.07) is 9.11. The first kappa shape index (κ1) is 14.5. The maximum Gasteiger partial charge on any atom is 0.261 e. The summed E-state index contributed by atoms with van der Waals surface area (Å²) in [6.45, 7) is 2.52. The number of piperidine rings is 1. The Balaban J connectivity index is 1.96. The summed E-state index contributed by atoms with van der Waals surface area (Å²) in [7, 11) is 0. The molecule has 1 radical (unpaired) electrons. The molecule has 22 heavy (non-hydrogen) atoms. The molecule has 1 atom stereocenters. The molecule has 1 aliphatic heterocycles. The summed E-state index contributed by atoms with van der Waals surface area (Å²) < 4.78 is 20.0. The van der Waals surface area contributed by atoms with Crippen molar-refractivity contribution in [1.82, 2.24) is 10.3 Å². The van der Waals surface area contributed by atoms with Crippen LogP contribution in [0.15, 0.2) is 30.5 Å². The van der Waals surface area contributed by atoms with Crippen molar-refractivity contribution < 1.29 is 13.9 Å². The van der Waals surface area contributed by atoms with Gasteiger partial charge in [0.15, 0.2) is 6.10 Å². The zero-order valence-corrected chi connectivity index (χ0v) is 12.2. The Morgan fingerprint density at radius 1 is 1.41 bits per heavy atom. The Morgan fingerprint density at radius 2 is 2.27 bits per heavy atom. The van der Waals surface area contributed by atoms with E-state index in [-0.39, 0.29) is 5.91 Å². The minimum atomic E-state index is -0.596. The molecule has 0 saturated carbocycles. The van der Waals surface area contributed by atoms with Gasteiger partial charge in [0.1, 0.15) is 11.6 Å². The van der Waals surface area contributed by atoms with Gasteiger partial charge in [-0.1, -0.05) is 6.07 Å². The molecule has 0 spiro atoms. The smallest absolute Gasteiger partial charge is 0.261 e. The number of nitrogens with zero attached hydrogens (tertiary/aromatic N) is 1. The summed E-state index contributed by atoms with van der Waals surface area (Å²) in [5, 5.41) is 2.75. The molecule has 1 unspecified atom stereocenters. The van der Waals surface area contributed by atoms with E-state index in [1.807, 2.05) is 13.0 Å². The van der Waals surface area contributed by atoms with Crippen molar-refractivity contribution in [2.45, 2.75) is 25.9 Å². The van der Waals surface area contributed by atoms with Crippen molar-refractivity contribution in [2.24, 2.45) is 0 Å². The third-order valence-electron chi connectivity index (χ3n) is 3.61. The maximum atomic E-state index is 14.2. The van der Waals surface area contributed by atoms with Crippen molar-refractivity contribution in [3.8, 4) is 16.9 Å². The molecule has 1 amide bonds. The number of hydrogen-bond acceptors (Lipinski definition) is 3. The molecular formula is C17H16FN2O2. The second-order valence-corrected chi connectivity index (χ2v) is 5.27. The molecule has 0 aliphatic carbocycles. The normalized spacial score (nSPS) is 17.9. The number of pyridine rings is 1. The molecule has 2 aromatic rings. The van der Waals surface area contributed by atoms with Crippen LogP contribution in [-0.2, 0) is 4.79 Å². The molecule has 1 aromatic heterocycles. The second-order valence-electron chi connectivity index (χ2n) is 5.27. The highest BCUT2D eigenvalue weighted by Crippen LogP contribution is 2.33. The van der Waals surface area contributed by atoms with E-state index in [0.29, 0.717) is 29.8 Å². The van der Waals surface area contributed by atoms with Crippen molar-refractivity contribution in [3.63, 3.8) is 0 Å². The summed E-state index contributed by atoms with van der Waals surface area (Å²) in [5.74, 6) is -0.296. The number of rotatable bonds is 3. The molecule has 1 N–H and O–H groups in total. The molecule has 4 nitrogen and oxygen atoms in total. The topological polar surface area (TPSA) is 51.2 Å². The average molecular weight is 299 g/mol. The van der Waals surface area contributed by atoms with E-state index in [9.17, 15) is 9.18 Å². The van der Waals surface area contributed by atoms with Gasteiger partial charge < -0.3 is 10.1 Å². The first-order chi connectivity index (χ1) is 10.6. The minimum Gasteiger partial charge on any atom is -0.480 e. The van der Waals surface area contributed by atoms with Gasteiger partial charge in [-0.2, -0.15) is 0 Å². The van der Waals surface area contributed by atoms with Crippen LogP contribution in [0.25, 0.3) is 11.1 Å². The zero-order chi connectivity index (χ0) is 15.5. The number of benzene rings is 1. The summed E-state index contributed by atoms with van der Waals surface area (Å²) in [6.07, 6.45) is 2.47. The van der Waals surface area contributed by atoms with Crippen molar-refractivity contribution in [2.75, 3.05) is 6.54 Å². The van der Waals surface area contributed by atoms with Gasteiger partial charge in [-0.05, 0) is 44.0 Å². The lowest BCUT2D eigenvalue weighted by molar-refractivity contribution is -0.129. The fourth-order valence-electron chi connectivity index (χ4n) is 2.45. The first-order valence-corrected chi connectivity index (χ1v) is 7.22. The fourth-order valence-corrected chi connectivity index (χ4v) is 2.45. The highest BCUT2D eigenvalue weighted by atomic mass is 19.1. The minimum absolute atomic E-state index is 0.163. The lowest BCUT2D eigenvalue weighted by atomic mass is 10.0. The number of halogens is 1. The quantitative estimate of drug-likeness (QED) is 0.948. The average Bonchev–Trinajstić information content (AvgIpc) is 2.51. The Labute approximate surface area is 128 Å². The van der Waals surface area contributed by atoms with Crippen LogP contribution >= 0.6 is 0 Å². The number of aryl methyl sites for hydroxylation is 1. The summed E-state index contributed by atoms with van der Waals surface area (Å²) in [4.78, 5) is 16.0. The largest absolute Gasteiger partial charge is 0.480 e. The summed E-state index contributed by atoms with van der Waals surface area (Å²) in [5.41, 5.74) is 1.77. The van der Waals surface area contributed by atoms with Crippen molar-refractivity contribution >= 4 is 5.91 Å². The molecule has 0 bridgehead atoms. The van der Waals surface area contributed by atoms with E-state index in [1.165, 1.54) is 6.07 Å². The number of nitrogens with one attached hydrogen (secondary N) is 1. The maximum absolute atomic E-state index is 14.2. The van der Waals surface area contributed by atoms with E-state index < -0.39 is 11.9 Å². The highest BCUT2D eigenvalue weighted by Gasteiger charge is 2.25. The van der Waals surface area contributed by atoms with Crippen LogP contribution in [0.5, 0.6) is 5.75 Å². The third-order valence-corrected chi connectivity index (χ3v) is 3.61. The van der Waals surface area contributed by atoms with Crippen LogP contribution in [-0.4, -0.2) is 23.5 Å². The van der Waals surface area contributed by atoms with Crippen LogP contribution in [0, 0.1) is 18.8 Å². The Hall–Kier alpha value is -2.43. The van der Waals surface area contributed by atoms with Gasteiger partial charge in [0.2, 0.25) is 0 Å². The number of hydrogen-bond donors (Lipinski definition) is 1. The van der Waals surface area contributed by atoms with E-state index >= 15 is 0 Å². The number of amides is 1. The molecule has 2 heterocycles. The lowest BCUT2D eigenvalue weighted by Crippen LogP contribution is -2.43. The van der Waals surface area contributed by atoms with Crippen LogP contribution < -0.4 is 10.1 Å². The highest BCUT2D eigenvalue weighted by molar-refractivity contribution is 5.82. The zero-order valence-electron chi connectivity index (χ0n) is 12.2. The monoisotopic (exact) mass is 299 g/mol. The molecule has 1 aromatic carbocycles. The summed E-state index contributed by atoms with van der Waals surface area (Å²) >= 11 is 0. The van der Waals surface area contributed by atoms with Gasteiger partial charge in [0, 0.05) is 24.0 Å². The molecule has 1 fully saturated rings. The number of ether oxygens (including phenoxy) is 1. The van der Waals surface area contributed by atoms with Crippen molar-refractivity contribution in [3.05, 3.63) is 48.0 Å². The van der Waals surface area contributed by atoms with Crippen LogP contribution in [0.3, 0.4) is 0 Å². The van der Waals surface area contributed by atoms with Crippen molar-refractivity contribution in [1.29, 1.82) is 0 Å². The third kappa shape index (κ3) is 2.93. The predicted molar refractivity (Wildman–Crippen MR) is 79.9 cm³/mol. The van der Waals surface area contributed by atoms with E-state index in [4.69, 9.17) is 4.74 Å². The van der Waals surface area contributed by atoms with Gasteiger partial charge in [0.05, 0.1) is 5.56 Å². The van der Waals surface area contributed by atoms with Crippen LogP contribution in [0.2, 0.25) is 0 Å². The van der Waals surface area contributed by atoms with Gasteiger partial charge in [-0.15, -0.1) is 0 Å². The van der Waals surface area contributed by atoms with E-state index in [1.54, 1.807) is 18.3 Å². The van der Waals surface area contributed by atoms with E-state index in [0.717, 1.165) is 12.1 Å². The molecular weight excluding hydrogens is 283 g/mol. The first-order valence-electron chi connectivity index (χ1n) is 7.22. The van der Waals surface area contributed by atoms with Gasteiger partial charge in [-0.25, -0.2) is 4.39 Å². The standard InChI is InChI=1S/C17H16FN2O2/c1-11-7-8-12(10-20-11)16-13(18)4-2-5-14(16)22-15-6-3-9-19-17(15)21/h4-5,7-8,10,15H,3,6,9H2,1H3,(H,19,21). The molecule has 1 aliphatic rings. The number of carbonyl (C=O) groups excluding carboxylic acids is 1. The fraction of sp³-hybridized carbons (Fsp3) is 0.294. The second kappa shape index (κ2) is 6.13. The molecule has 5 heteroatoms. The SMILES string of the molecule is Cc1ccc(-c2c(F)c[c]cc2OC2CCCNC2=O)cn1. The predicted octanol–water partition coefficient (Wildman–Crippen LogP) is 2.65. The molecule has 113 valence electrons. The Kier molecular flexibility index (Phi) is 4.04. The Morgan fingerprint density at radius 3 is 3.00 bits per heavy atom.